The number of halogens is 2. The molecular formula is C13H17F2N. The summed E-state index contributed by atoms with van der Waals surface area (Å²) in [6, 6.07) is 2.22. The summed E-state index contributed by atoms with van der Waals surface area (Å²) in [7, 11) is 0. The summed E-state index contributed by atoms with van der Waals surface area (Å²) < 4.78 is 26.7. The van der Waals surface area contributed by atoms with E-state index in [9.17, 15) is 8.78 Å². The van der Waals surface area contributed by atoms with Gasteiger partial charge in [0.25, 0.3) is 0 Å². The fraction of sp³-hybridized carbons (Fsp3) is 0.385. The van der Waals surface area contributed by atoms with Crippen molar-refractivity contribution in [3.05, 3.63) is 47.0 Å². The van der Waals surface area contributed by atoms with Gasteiger partial charge < -0.3 is 5.73 Å². The molecule has 3 heteroatoms. The summed E-state index contributed by atoms with van der Waals surface area (Å²) in [4.78, 5) is 0. The first-order chi connectivity index (χ1) is 7.40. The lowest BCUT2D eigenvalue weighted by Gasteiger charge is -2.12. The van der Waals surface area contributed by atoms with Gasteiger partial charge in [-0.05, 0) is 49.9 Å². The lowest BCUT2D eigenvalue weighted by Crippen LogP contribution is -2.23. The molecule has 2 N–H and O–H groups in total. The zero-order chi connectivity index (χ0) is 12.3. The van der Waals surface area contributed by atoms with E-state index < -0.39 is 5.82 Å². The number of aryl methyl sites for hydroxylation is 1. The van der Waals surface area contributed by atoms with Gasteiger partial charge in [0.1, 0.15) is 11.6 Å². The number of nitrogens with two attached hydrogens (primary N) is 1. The van der Waals surface area contributed by atoms with E-state index in [4.69, 9.17) is 5.73 Å². The fourth-order valence-corrected chi connectivity index (χ4v) is 1.65. The van der Waals surface area contributed by atoms with Gasteiger partial charge in [0.2, 0.25) is 0 Å². The molecule has 1 unspecified atom stereocenters. The van der Waals surface area contributed by atoms with Crippen molar-refractivity contribution in [3.63, 3.8) is 0 Å². The van der Waals surface area contributed by atoms with Crippen LogP contribution in [0.4, 0.5) is 8.78 Å². The molecule has 0 aromatic heterocycles. The molecule has 0 spiro atoms. The van der Waals surface area contributed by atoms with Gasteiger partial charge in [-0.3, -0.25) is 0 Å². The van der Waals surface area contributed by atoms with E-state index in [2.05, 4.69) is 6.58 Å². The first-order valence-corrected chi connectivity index (χ1v) is 5.24. The third-order valence-corrected chi connectivity index (χ3v) is 2.42. The second-order valence-corrected chi connectivity index (χ2v) is 4.32. The van der Waals surface area contributed by atoms with Crippen LogP contribution < -0.4 is 5.73 Å². The number of hydrogen-bond donors (Lipinski definition) is 1. The molecule has 1 nitrogen and oxygen atoms in total. The second kappa shape index (κ2) is 5.21. The molecule has 0 aliphatic carbocycles. The van der Waals surface area contributed by atoms with Crippen LogP contribution in [0.2, 0.25) is 0 Å². The van der Waals surface area contributed by atoms with Gasteiger partial charge >= 0.3 is 0 Å². The quantitative estimate of drug-likeness (QED) is 0.783. The van der Waals surface area contributed by atoms with Crippen LogP contribution in [0.5, 0.6) is 0 Å². The normalized spacial score (nSPS) is 12.6. The number of rotatable bonds is 4. The highest BCUT2D eigenvalue weighted by Crippen LogP contribution is 2.16. The van der Waals surface area contributed by atoms with Crippen molar-refractivity contribution in [1.29, 1.82) is 0 Å². The van der Waals surface area contributed by atoms with Gasteiger partial charge in [-0.15, -0.1) is 6.58 Å². The Bertz CT molecular complexity index is 399. The summed E-state index contributed by atoms with van der Waals surface area (Å²) in [6.07, 6.45) is 0.949. The van der Waals surface area contributed by atoms with Crippen LogP contribution in [0.15, 0.2) is 24.3 Å². The Morgan fingerprint density at radius 2 is 2.00 bits per heavy atom. The van der Waals surface area contributed by atoms with Gasteiger partial charge in [-0.1, -0.05) is 5.57 Å². The maximum atomic E-state index is 13.5. The molecule has 1 aromatic carbocycles. The van der Waals surface area contributed by atoms with E-state index in [0.717, 1.165) is 5.57 Å². The maximum Gasteiger partial charge on any atom is 0.126 e. The highest BCUT2D eigenvalue weighted by atomic mass is 19.1. The van der Waals surface area contributed by atoms with E-state index >= 15 is 0 Å². The van der Waals surface area contributed by atoms with Crippen LogP contribution in [-0.4, -0.2) is 6.04 Å². The van der Waals surface area contributed by atoms with Crippen LogP contribution >= 0.6 is 0 Å². The molecule has 1 atom stereocenters. The molecule has 0 saturated carbocycles. The lowest BCUT2D eigenvalue weighted by atomic mass is 9.99. The Morgan fingerprint density at radius 3 is 2.56 bits per heavy atom. The molecule has 1 rings (SSSR count). The minimum atomic E-state index is -0.393. The Balaban J connectivity index is 2.81. The minimum absolute atomic E-state index is 0.214. The second-order valence-electron chi connectivity index (χ2n) is 4.32. The zero-order valence-corrected chi connectivity index (χ0v) is 9.69. The minimum Gasteiger partial charge on any atom is -0.327 e. The topological polar surface area (TPSA) is 26.0 Å². The van der Waals surface area contributed by atoms with Crippen molar-refractivity contribution in [2.45, 2.75) is 32.7 Å². The highest BCUT2D eigenvalue weighted by molar-refractivity contribution is 5.26. The number of hydrogen-bond acceptors (Lipinski definition) is 1. The van der Waals surface area contributed by atoms with Crippen LogP contribution in [-0.2, 0) is 6.42 Å². The first-order valence-electron chi connectivity index (χ1n) is 5.24. The summed E-state index contributed by atoms with van der Waals surface area (Å²) >= 11 is 0. The van der Waals surface area contributed by atoms with Gasteiger partial charge in [0, 0.05) is 6.04 Å². The van der Waals surface area contributed by atoms with E-state index in [0.29, 0.717) is 24.0 Å². The molecule has 0 bridgehead atoms. The third-order valence-electron chi connectivity index (χ3n) is 2.42. The zero-order valence-electron chi connectivity index (χ0n) is 9.69. The van der Waals surface area contributed by atoms with Crippen molar-refractivity contribution >= 4 is 0 Å². The molecule has 1 aromatic rings. The molecule has 0 aliphatic rings. The smallest absolute Gasteiger partial charge is 0.126 e. The lowest BCUT2D eigenvalue weighted by molar-refractivity contribution is 0.561. The maximum absolute atomic E-state index is 13.5. The van der Waals surface area contributed by atoms with E-state index in [1.165, 1.54) is 19.1 Å². The molecule has 0 amide bonds. The summed E-state index contributed by atoms with van der Waals surface area (Å²) in [6.45, 7) is 7.15. The SMILES string of the molecule is C=C(C)CC(N)Cc1cc(F)c(C)cc1F. The van der Waals surface area contributed by atoms with Gasteiger partial charge in [-0.25, -0.2) is 8.78 Å². The standard InChI is InChI=1S/C13H17F2N/c1-8(2)4-11(16)6-10-7-12(14)9(3)5-13(10)15/h5,7,11H,1,4,6,16H2,2-3H3. The van der Waals surface area contributed by atoms with Crippen LogP contribution in [0, 0.1) is 18.6 Å². The Morgan fingerprint density at radius 1 is 1.38 bits per heavy atom. The molecule has 0 radical (unpaired) electrons. The van der Waals surface area contributed by atoms with E-state index in [1.807, 2.05) is 6.92 Å². The monoisotopic (exact) mass is 225 g/mol. The predicted octanol–water partition coefficient (Wildman–Crippen LogP) is 3.11. The third kappa shape index (κ3) is 3.42. The number of benzene rings is 1. The van der Waals surface area contributed by atoms with E-state index in [-0.39, 0.29) is 11.9 Å². The molecule has 0 heterocycles. The van der Waals surface area contributed by atoms with Gasteiger partial charge in [0.05, 0.1) is 0 Å². The van der Waals surface area contributed by atoms with E-state index in [1.54, 1.807) is 0 Å². The Labute approximate surface area is 95.0 Å². The molecule has 0 fully saturated rings. The molecule has 88 valence electrons. The van der Waals surface area contributed by atoms with Crippen molar-refractivity contribution in [2.75, 3.05) is 0 Å². The molecular weight excluding hydrogens is 208 g/mol. The van der Waals surface area contributed by atoms with Gasteiger partial charge in [0.15, 0.2) is 0 Å². The van der Waals surface area contributed by atoms with Crippen molar-refractivity contribution in [2.24, 2.45) is 5.73 Å². The molecule has 16 heavy (non-hydrogen) atoms. The van der Waals surface area contributed by atoms with Gasteiger partial charge in [-0.2, -0.15) is 0 Å². The summed E-state index contributed by atoms with van der Waals surface area (Å²) in [5.41, 5.74) is 7.40. The van der Waals surface area contributed by atoms with Crippen molar-refractivity contribution < 1.29 is 8.78 Å². The fourth-order valence-electron chi connectivity index (χ4n) is 1.65. The molecule has 0 saturated heterocycles. The van der Waals surface area contributed by atoms with Crippen molar-refractivity contribution in [3.8, 4) is 0 Å². The average molecular weight is 225 g/mol. The van der Waals surface area contributed by atoms with Crippen LogP contribution in [0.1, 0.15) is 24.5 Å². The Hall–Kier alpha value is -1.22. The molecule has 0 aliphatic heterocycles. The van der Waals surface area contributed by atoms with Crippen molar-refractivity contribution in [1.82, 2.24) is 0 Å². The predicted molar refractivity (Wildman–Crippen MR) is 62.2 cm³/mol. The largest absolute Gasteiger partial charge is 0.327 e. The van der Waals surface area contributed by atoms with Crippen LogP contribution in [0.25, 0.3) is 0 Å². The average Bonchev–Trinajstić information content (AvgIpc) is 2.12. The summed E-state index contributed by atoms with van der Waals surface area (Å²) in [5.74, 6) is -0.782. The highest BCUT2D eigenvalue weighted by Gasteiger charge is 2.11. The van der Waals surface area contributed by atoms with Crippen LogP contribution in [0.3, 0.4) is 0 Å². The summed E-state index contributed by atoms with van der Waals surface area (Å²) in [5, 5.41) is 0. The first kappa shape index (κ1) is 12.8. The Kier molecular flexibility index (Phi) is 4.19.